The molecule has 0 spiro atoms. The molecular formula is C14H23NO2. The Morgan fingerprint density at radius 2 is 1.94 bits per heavy atom. The van der Waals surface area contributed by atoms with Crippen LogP contribution in [0.1, 0.15) is 24.5 Å². The van der Waals surface area contributed by atoms with Crippen molar-refractivity contribution in [2.24, 2.45) is 0 Å². The lowest BCUT2D eigenvalue weighted by atomic mass is 10.1. The molecule has 2 N–H and O–H groups in total. The third-order valence-corrected chi connectivity index (χ3v) is 2.69. The summed E-state index contributed by atoms with van der Waals surface area (Å²) < 4.78 is 5.19. The normalized spacial score (nSPS) is 10.7. The van der Waals surface area contributed by atoms with Gasteiger partial charge in [-0.15, -0.1) is 0 Å². The average Bonchev–Trinajstić information content (AvgIpc) is 2.38. The highest BCUT2D eigenvalue weighted by Gasteiger charge is 1.98. The number of rotatable bonds is 9. The first kappa shape index (κ1) is 14.2. The van der Waals surface area contributed by atoms with Gasteiger partial charge in [0.25, 0.3) is 0 Å². The van der Waals surface area contributed by atoms with Gasteiger partial charge in [-0.05, 0) is 30.5 Å². The zero-order valence-electron chi connectivity index (χ0n) is 10.6. The van der Waals surface area contributed by atoms with Gasteiger partial charge in [-0.3, -0.25) is 0 Å². The molecule has 1 rings (SSSR count). The summed E-state index contributed by atoms with van der Waals surface area (Å²) in [4.78, 5) is 0. The van der Waals surface area contributed by atoms with Crippen LogP contribution in [0.25, 0.3) is 0 Å². The lowest BCUT2D eigenvalue weighted by molar-refractivity contribution is 0.0907. The van der Waals surface area contributed by atoms with Gasteiger partial charge in [0.1, 0.15) is 0 Å². The largest absolute Gasteiger partial charge is 0.394 e. The maximum atomic E-state index is 8.53. The number of aryl methyl sites for hydroxylation is 1. The number of hydrogen-bond donors (Lipinski definition) is 2. The first-order valence-electron chi connectivity index (χ1n) is 6.34. The molecule has 0 aliphatic rings. The fourth-order valence-corrected chi connectivity index (χ4v) is 1.76. The smallest absolute Gasteiger partial charge is 0.0697 e. The number of ether oxygens (including phenoxy) is 1. The highest BCUT2D eigenvalue weighted by atomic mass is 16.5. The summed E-state index contributed by atoms with van der Waals surface area (Å²) >= 11 is 0. The molecule has 1 aromatic carbocycles. The summed E-state index contributed by atoms with van der Waals surface area (Å²) in [7, 11) is 0. The average molecular weight is 237 g/mol. The maximum absolute atomic E-state index is 8.53. The molecule has 0 aliphatic heterocycles. The van der Waals surface area contributed by atoms with Crippen molar-refractivity contribution in [2.45, 2.75) is 26.3 Å². The second-order valence-electron chi connectivity index (χ2n) is 3.99. The van der Waals surface area contributed by atoms with Gasteiger partial charge in [-0.2, -0.15) is 0 Å². The van der Waals surface area contributed by atoms with E-state index in [4.69, 9.17) is 9.84 Å². The molecule has 0 bridgehead atoms. The molecular weight excluding hydrogens is 214 g/mol. The van der Waals surface area contributed by atoms with Crippen LogP contribution in [0.15, 0.2) is 24.3 Å². The molecule has 96 valence electrons. The minimum absolute atomic E-state index is 0.108. The van der Waals surface area contributed by atoms with Crippen molar-refractivity contribution in [1.29, 1.82) is 0 Å². The number of benzene rings is 1. The van der Waals surface area contributed by atoms with E-state index in [0.29, 0.717) is 13.2 Å². The summed E-state index contributed by atoms with van der Waals surface area (Å²) in [6, 6.07) is 8.53. The summed E-state index contributed by atoms with van der Waals surface area (Å²) in [5, 5.41) is 11.9. The Balaban J connectivity index is 2.13. The maximum Gasteiger partial charge on any atom is 0.0697 e. The molecule has 1 aromatic rings. The van der Waals surface area contributed by atoms with E-state index in [9.17, 15) is 0 Å². The van der Waals surface area contributed by atoms with Gasteiger partial charge in [0.2, 0.25) is 0 Å². The quantitative estimate of drug-likeness (QED) is 0.643. The number of aliphatic hydroxyl groups excluding tert-OH is 1. The first-order valence-corrected chi connectivity index (χ1v) is 6.34. The molecule has 3 nitrogen and oxygen atoms in total. The second-order valence-corrected chi connectivity index (χ2v) is 3.99. The van der Waals surface area contributed by atoms with Gasteiger partial charge in [-0.25, -0.2) is 0 Å². The van der Waals surface area contributed by atoms with E-state index in [1.54, 1.807) is 0 Å². The van der Waals surface area contributed by atoms with Crippen molar-refractivity contribution in [1.82, 2.24) is 5.32 Å². The molecule has 0 radical (unpaired) electrons. The Morgan fingerprint density at radius 1 is 1.18 bits per heavy atom. The van der Waals surface area contributed by atoms with Crippen molar-refractivity contribution < 1.29 is 9.84 Å². The van der Waals surface area contributed by atoms with Crippen molar-refractivity contribution >= 4 is 0 Å². The SMILES string of the molecule is CCc1ccccc1CNCCCOCCO. The lowest BCUT2D eigenvalue weighted by Crippen LogP contribution is -2.17. The minimum atomic E-state index is 0.108. The zero-order valence-corrected chi connectivity index (χ0v) is 10.6. The van der Waals surface area contributed by atoms with Crippen molar-refractivity contribution in [3.63, 3.8) is 0 Å². The topological polar surface area (TPSA) is 41.5 Å². The molecule has 0 heterocycles. The zero-order chi connectivity index (χ0) is 12.3. The van der Waals surface area contributed by atoms with Crippen LogP contribution in [0.2, 0.25) is 0 Å². The number of aliphatic hydroxyl groups is 1. The van der Waals surface area contributed by atoms with Crippen LogP contribution in [0.3, 0.4) is 0 Å². The third-order valence-electron chi connectivity index (χ3n) is 2.69. The van der Waals surface area contributed by atoms with E-state index >= 15 is 0 Å². The van der Waals surface area contributed by atoms with Gasteiger partial charge in [-0.1, -0.05) is 31.2 Å². The van der Waals surface area contributed by atoms with Crippen LogP contribution in [0.4, 0.5) is 0 Å². The van der Waals surface area contributed by atoms with Crippen LogP contribution >= 0.6 is 0 Å². The van der Waals surface area contributed by atoms with Crippen LogP contribution in [0, 0.1) is 0 Å². The molecule has 17 heavy (non-hydrogen) atoms. The molecule has 0 aliphatic carbocycles. The van der Waals surface area contributed by atoms with Crippen LogP contribution in [-0.4, -0.2) is 31.5 Å². The molecule has 0 fully saturated rings. The standard InChI is InChI=1S/C14H23NO2/c1-2-13-6-3-4-7-14(13)12-15-8-5-10-17-11-9-16/h3-4,6-7,15-16H,2,5,8-12H2,1H3. The van der Waals surface area contributed by atoms with Crippen LogP contribution in [0.5, 0.6) is 0 Å². The van der Waals surface area contributed by atoms with Crippen LogP contribution < -0.4 is 5.32 Å². The van der Waals surface area contributed by atoms with Crippen LogP contribution in [-0.2, 0) is 17.7 Å². The van der Waals surface area contributed by atoms with Gasteiger partial charge in [0.05, 0.1) is 13.2 Å². The van der Waals surface area contributed by atoms with Gasteiger partial charge < -0.3 is 15.2 Å². The summed E-state index contributed by atoms with van der Waals surface area (Å²) in [6.45, 7) is 5.31. The van der Waals surface area contributed by atoms with E-state index < -0.39 is 0 Å². The fourth-order valence-electron chi connectivity index (χ4n) is 1.76. The molecule has 0 aromatic heterocycles. The monoisotopic (exact) mass is 237 g/mol. The Morgan fingerprint density at radius 3 is 2.65 bits per heavy atom. The number of hydrogen-bond acceptors (Lipinski definition) is 3. The second kappa shape index (κ2) is 9.16. The number of nitrogens with one attached hydrogen (secondary N) is 1. The van der Waals surface area contributed by atoms with E-state index in [1.165, 1.54) is 11.1 Å². The summed E-state index contributed by atoms with van der Waals surface area (Å²) in [5.74, 6) is 0. The van der Waals surface area contributed by atoms with Crippen molar-refractivity contribution in [3.8, 4) is 0 Å². The predicted molar refractivity (Wildman–Crippen MR) is 70.0 cm³/mol. The highest BCUT2D eigenvalue weighted by molar-refractivity contribution is 5.26. The first-order chi connectivity index (χ1) is 8.38. The predicted octanol–water partition coefficient (Wildman–Crippen LogP) is 1.74. The fraction of sp³-hybridized carbons (Fsp3) is 0.571. The van der Waals surface area contributed by atoms with Gasteiger partial charge >= 0.3 is 0 Å². The third kappa shape index (κ3) is 5.82. The molecule has 0 saturated carbocycles. The summed E-state index contributed by atoms with van der Waals surface area (Å²) in [5.41, 5.74) is 2.79. The van der Waals surface area contributed by atoms with E-state index in [0.717, 1.165) is 25.9 Å². The van der Waals surface area contributed by atoms with E-state index in [2.05, 4.69) is 36.5 Å². The minimum Gasteiger partial charge on any atom is -0.394 e. The highest BCUT2D eigenvalue weighted by Crippen LogP contribution is 2.08. The molecule has 0 amide bonds. The Labute approximate surface area is 104 Å². The molecule has 0 atom stereocenters. The summed E-state index contributed by atoms with van der Waals surface area (Å²) in [6.07, 6.45) is 2.06. The Hall–Kier alpha value is -0.900. The Bertz CT molecular complexity index is 302. The van der Waals surface area contributed by atoms with Crippen molar-refractivity contribution in [3.05, 3.63) is 35.4 Å². The molecule has 0 unspecified atom stereocenters. The van der Waals surface area contributed by atoms with Crippen molar-refractivity contribution in [2.75, 3.05) is 26.4 Å². The van der Waals surface area contributed by atoms with Gasteiger partial charge in [0.15, 0.2) is 0 Å². The molecule has 3 heteroatoms. The Kier molecular flexibility index (Phi) is 7.63. The van der Waals surface area contributed by atoms with Gasteiger partial charge in [0, 0.05) is 13.2 Å². The van der Waals surface area contributed by atoms with E-state index in [-0.39, 0.29) is 6.61 Å². The lowest BCUT2D eigenvalue weighted by Gasteiger charge is -2.09. The molecule has 0 saturated heterocycles. The van der Waals surface area contributed by atoms with E-state index in [1.807, 2.05) is 0 Å².